The Balaban J connectivity index is 2.11. The molecule has 0 aliphatic heterocycles. The van der Waals surface area contributed by atoms with Gasteiger partial charge in [0.1, 0.15) is 0 Å². The molecule has 2 aromatic rings. The molecule has 0 saturated heterocycles. The highest BCUT2D eigenvalue weighted by atomic mass is 16.4. The van der Waals surface area contributed by atoms with Crippen LogP contribution in [0.25, 0.3) is 0 Å². The van der Waals surface area contributed by atoms with E-state index in [-0.39, 0.29) is 17.2 Å². The average molecular weight is 339 g/mol. The molecule has 130 valence electrons. The molecule has 0 bridgehead atoms. The molecule has 2 rings (SSSR count). The maximum atomic E-state index is 12.4. The second-order valence-corrected chi connectivity index (χ2v) is 5.52. The van der Waals surface area contributed by atoms with Gasteiger partial charge in [0.25, 0.3) is 5.91 Å². The smallest absolute Gasteiger partial charge is 0.255 e. The summed E-state index contributed by atoms with van der Waals surface area (Å²) in [7, 11) is 0. The van der Waals surface area contributed by atoms with E-state index in [1.165, 1.54) is 12.1 Å². The second-order valence-electron chi connectivity index (χ2n) is 5.52. The molecule has 0 unspecified atom stereocenters. The number of carbonyl (C=O) groups excluding carboxylic acids is 3. The molecule has 2 N–H and O–H groups in total. The minimum atomic E-state index is -1.37. The van der Waals surface area contributed by atoms with E-state index in [2.05, 4.69) is 10.6 Å². The SMILES string of the molecule is CCCCC(=O)Nc1cccc(C(=O)Nc2ccccc2C(=O)[O-])c1. The van der Waals surface area contributed by atoms with E-state index in [1.807, 2.05) is 6.92 Å². The number of carboxylic acid groups (broad SMARTS) is 1. The molecule has 0 aliphatic rings. The Bertz CT molecular complexity index is 786. The van der Waals surface area contributed by atoms with Crippen molar-refractivity contribution in [1.29, 1.82) is 0 Å². The van der Waals surface area contributed by atoms with Gasteiger partial charge in [-0.2, -0.15) is 0 Å². The van der Waals surface area contributed by atoms with Crippen molar-refractivity contribution in [3.63, 3.8) is 0 Å². The van der Waals surface area contributed by atoms with Crippen molar-refractivity contribution in [2.24, 2.45) is 0 Å². The summed E-state index contributed by atoms with van der Waals surface area (Å²) in [5.41, 5.74) is 0.883. The number of aromatic carboxylic acids is 1. The van der Waals surface area contributed by atoms with Gasteiger partial charge in [-0.25, -0.2) is 0 Å². The number of hydrogen-bond acceptors (Lipinski definition) is 4. The molecule has 0 radical (unpaired) electrons. The summed E-state index contributed by atoms with van der Waals surface area (Å²) >= 11 is 0. The second kappa shape index (κ2) is 8.63. The summed E-state index contributed by atoms with van der Waals surface area (Å²) in [5, 5.41) is 16.4. The van der Waals surface area contributed by atoms with E-state index >= 15 is 0 Å². The Morgan fingerprint density at radius 1 is 1.00 bits per heavy atom. The molecule has 0 aliphatic carbocycles. The quantitative estimate of drug-likeness (QED) is 0.809. The van der Waals surface area contributed by atoms with Crippen LogP contribution >= 0.6 is 0 Å². The third kappa shape index (κ3) is 5.17. The van der Waals surface area contributed by atoms with Crippen molar-refractivity contribution in [3.05, 3.63) is 59.7 Å². The van der Waals surface area contributed by atoms with Crippen LogP contribution in [-0.4, -0.2) is 17.8 Å². The van der Waals surface area contributed by atoms with Crippen molar-refractivity contribution in [1.82, 2.24) is 0 Å². The summed E-state index contributed by atoms with van der Waals surface area (Å²) < 4.78 is 0. The number of anilines is 2. The van der Waals surface area contributed by atoms with Gasteiger partial charge in [0, 0.05) is 23.2 Å². The third-order valence-electron chi connectivity index (χ3n) is 3.56. The first-order valence-electron chi connectivity index (χ1n) is 8.03. The molecule has 2 aromatic carbocycles. The molecular weight excluding hydrogens is 320 g/mol. The first-order chi connectivity index (χ1) is 12.0. The number of hydrogen-bond donors (Lipinski definition) is 2. The van der Waals surface area contributed by atoms with Gasteiger partial charge in [-0.3, -0.25) is 9.59 Å². The maximum absolute atomic E-state index is 12.4. The zero-order chi connectivity index (χ0) is 18.2. The third-order valence-corrected chi connectivity index (χ3v) is 3.56. The number of rotatable bonds is 7. The van der Waals surface area contributed by atoms with E-state index in [4.69, 9.17) is 0 Å². The molecule has 6 heteroatoms. The molecule has 25 heavy (non-hydrogen) atoms. The lowest BCUT2D eigenvalue weighted by Gasteiger charge is -2.12. The first kappa shape index (κ1) is 18.2. The molecule has 0 heterocycles. The van der Waals surface area contributed by atoms with Gasteiger partial charge in [-0.15, -0.1) is 0 Å². The molecule has 0 fully saturated rings. The number of nitrogens with one attached hydrogen (secondary N) is 2. The lowest BCUT2D eigenvalue weighted by atomic mass is 10.1. The normalized spacial score (nSPS) is 10.1. The van der Waals surface area contributed by atoms with Crippen LogP contribution in [-0.2, 0) is 4.79 Å². The summed E-state index contributed by atoms with van der Waals surface area (Å²) in [6.45, 7) is 2.00. The van der Waals surface area contributed by atoms with Crippen LogP contribution in [0.15, 0.2) is 48.5 Å². The largest absolute Gasteiger partial charge is 0.545 e. The van der Waals surface area contributed by atoms with Crippen LogP contribution in [0.1, 0.15) is 46.9 Å². The number of amides is 2. The van der Waals surface area contributed by atoms with Gasteiger partial charge in [0.15, 0.2) is 0 Å². The van der Waals surface area contributed by atoms with Gasteiger partial charge >= 0.3 is 0 Å². The lowest BCUT2D eigenvalue weighted by Crippen LogP contribution is -2.24. The molecule has 0 atom stereocenters. The Labute approximate surface area is 145 Å². The summed E-state index contributed by atoms with van der Waals surface area (Å²) in [6.07, 6.45) is 2.14. The average Bonchev–Trinajstić information content (AvgIpc) is 2.60. The summed E-state index contributed by atoms with van der Waals surface area (Å²) in [4.78, 5) is 35.2. The molecule has 0 spiro atoms. The Morgan fingerprint density at radius 2 is 1.76 bits per heavy atom. The lowest BCUT2D eigenvalue weighted by molar-refractivity contribution is -0.254. The molecule has 6 nitrogen and oxygen atoms in total. The fraction of sp³-hybridized carbons (Fsp3) is 0.211. The Kier molecular flexibility index (Phi) is 6.28. The Morgan fingerprint density at radius 3 is 2.48 bits per heavy atom. The monoisotopic (exact) mass is 339 g/mol. The van der Waals surface area contributed by atoms with Crippen LogP contribution in [0.5, 0.6) is 0 Å². The predicted molar refractivity (Wildman–Crippen MR) is 93.3 cm³/mol. The van der Waals surface area contributed by atoms with Crippen LogP contribution in [0.3, 0.4) is 0 Å². The maximum Gasteiger partial charge on any atom is 0.255 e. The zero-order valence-corrected chi connectivity index (χ0v) is 13.9. The van der Waals surface area contributed by atoms with E-state index in [0.29, 0.717) is 17.7 Å². The van der Waals surface area contributed by atoms with Crippen molar-refractivity contribution in [2.45, 2.75) is 26.2 Å². The van der Waals surface area contributed by atoms with Crippen molar-refractivity contribution in [2.75, 3.05) is 10.6 Å². The minimum Gasteiger partial charge on any atom is -0.545 e. The highest BCUT2D eigenvalue weighted by Gasteiger charge is 2.11. The standard InChI is InChI=1S/C19H20N2O4/c1-2-3-11-17(22)20-14-8-6-7-13(12-14)18(23)21-16-10-5-4-9-15(16)19(24)25/h4-10,12H,2-3,11H2,1H3,(H,20,22)(H,21,23)(H,24,25)/p-1. The van der Waals surface area contributed by atoms with E-state index in [1.54, 1.807) is 36.4 Å². The van der Waals surface area contributed by atoms with Crippen LogP contribution in [0, 0.1) is 0 Å². The van der Waals surface area contributed by atoms with Gasteiger partial charge in [-0.05, 0) is 30.7 Å². The number of benzene rings is 2. The highest BCUT2D eigenvalue weighted by molar-refractivity contribution is 6.08. The van der Waals surface area contributed by atoms with Gasteiger partial charge in [0.05, 0.1) is 11.7 Å². The number of unbranched alkanes of at least 4 members (excludes halogenated alkanes) is 1. The fourth-order valence-corrected chi connectivity index (χ4v) is 2.26. The molecule has 2 amide bonds. The Hall–Kier alpha value is -3.15. The number of carboxylic acids is 1. The minimum absolute atomic E-state index is 0.0973. The highest BCUT2D eigenvalue weighted by Crippen LogP contribution is 2.17. The van der Waals surface area contributed by atoms with E-state index < -0.39 is 11.9 Å². The first-order valence-corrected chi connectivity index (χ1v) is 8.03. The van der Waals surface area contributed by atoms with Crippen molar-refractivity contribution in [3.8, 4) is 0 Å². The zero-order valence-electron chi connectivity index (χ0n) is 13.9. The van der Waals surface area contributed by atoms with Gasteiger partial charge in [-0.1, -0.05) is 37.6 Å². The summed E-state index contributed by atoms with van der Waals surface area (Å²) in [6, 6.07) is 12.5. The molecule has 0 aromatic heterocycles. The van der Waals surface area contributed by atoms with E-state index in [9.17, 15) is 19.5 Å². The van der Waals surface area contributed by atoms with Crippen molar-refractivity contribution < 1.29 is 19.5 Å². The predicted octanol–water partition coefficient (Wildman–Crippen LogP) is 2.43. The summed E-state index contributed by atoms with van der Waals surface area (Å²) in [5.74, 6) is -1.95. The van der Waals surface area contributed by atoms with Crippen LogP contribution < -0.4 is 15.7 Å². The van der Waals surface area contributed by atoms with Gasteiger partial charge in [0.2, 0.25) is 5.91 Å². The fourth-order valence-electron chi connectivity index (χ4n) is 2.26. The van der Waals surface area contributed by atoms with Crippen molar-refractivity contribution >= 4 is 29.2 Å². The number of carbonyl (C=O) groups is 3. The molecular formula is C19H19N2O4-. The van der Waals surface area contributed by atoms with Crippen LogP contribution in [0.2, 0.25) is 0 Å². The topological polar surface area (TPSA) is 98.3 Å². The number of para-hydroxylation sites is 1. The van der Waals surface area contributed by atoms with Gasteiger partial charge < -0.3 is 20.5 Å². The van der Waals surface area contributed by atoms with Crippen LogP contribution in [0.4, 0.5) is 11.4 Å². The molecule has 0 saturated carbocycles. The van der Waals surface area contributed by atoms with E-state index in [0.717, 1.165) is 12.8 Å².